The molecule has 1 unspecified atom stereocenters. The number of halogens is 1. The number of hydrogen-bond donors (Lipinski definition) is 1. The van der Waals surface area contributed by atoms with Gasteiger partial charge in [-0.3, -0.25) is 4.79 Å². The second kappa shape index (κ2) is 6.21. The van der Waals surface area contributed by atoms with Crippen molar-refractivity contribution < 1.29 is 9.18 Å². The number of carbonyl (C=O) groups excluding carboxylic acids is 1. The molecule has 1 aliphatic heterocycles. The third kappa shape index (κ3) is 3.13. The van der Waals surface area contributed by atoms with Crippen molar-refractivity contribution in [1.82, 2.24) is 25.5 Å². The molecule has 0 radical (unpaired) electrons. The maximum Gasteiger partial charge on any atom is 0.223 e. The van der Waals surface area contributed by atoms with E-state index in [9.17, 15) is 9.18 Å². The van der Waals surface area contributed by atoms with Gasteiger partial charge in [-0.2, -0.15) is 0 Å². The van der Waals surface area contributed by atoms with Crippen molar-refractivity contribution >= 4 is 5.91 Å². The first-order chi connectivity index (χ1) is 10.6. The highest BCUT2D eigenvalue weighted by Gasteiger charge is 2.23. The Labute approximate surface area is 127 Å². The summed E-state index contributed by atoms with van der Waals surface area (Å²) in [5.74, 6) is 0.514. The molecule has 6 nitrogen and oxygen atoms in total. The van der Waals surface area contributed by atoms with E-state index in [2.05, 4.69) is 20.8 Å². The van der Waals surface area contributed by atoms with E-state index in [-0.39, 0.29) is 17.6 Å². The molecule has 1 aromatic heterocycles. The number of fused-ring (bicyclic) bond motifs is 1. The number of aromatic nitrogens is 4. The minimum Gasteiger partial charge on any atom is -0.352 e. The summed E-state index contributed by atoms with van der Waals surface area (Å²) in [6.07, 6.45) is 2.14. The Balaban J connectivity index is 1.56. The van der Waals surface area contributed by atoms with Crippen LogP contribution in [0.3, 0.4) is 0 Å². The molecule has 1 N–H and O–H groups in total. The smallest absolute Gasteiger partial charge is 0.223 e. The number of tetrazole rings is 1. The van der Waals surface area contributed by atoms with E-state index in [1.165, 1.54) is 6.07 Å². The van der Waals surface area contributed by atoms with E-state index in [0.29, 0.717) is 31.5 Å². The second-order valence-electron chi connectivity index (χ2n) is 5.64. The van der Waals surface area contributed by atoms with E-state index in [0.717, 1.165) is 17.8 Å². The lowest BCUT2D eigenvalue weighted by Gasteiger charge is -2.14. The summed E-state index contributed by atoms with van der Waals surface area (Å²) in [5.41, 5.74) is 1.37. The van der Waals surface area contributed by atoms with Gasteiger partial charge in [-0.15, -0.1) is 5.10 Å². The Hall–Kier alpha value is -2.31. The SMILES string of the molecule is Cc1ccc(CNC(=O)C2CCc3nnnn3CC2)cc1F. The molecule has 2 heterocycles. The topological polar surface area (TPSA) is 72.7 Å². The Morgan fingerprint density at radius 1 is 1.45 bits per heavy atom. The summed E-state index contributed by atoms with van der Waals surface area (Å²) >= 11 is 0. The molecule has 2 aromatic rings. The molecule has 3 rings (SSSR count). The van der Waals surface area contributed by atoms with E-state index >= 15 is 0 Å². The average molecular weight is 303 g/mol. The molecule has 116 valence electrons. The standard InChI is InChI=1S/C15H18FN5O/c1-10-2-3-11(8-13(10)16)9-17-15(22)12-4-5-14-18-19-20-21(14)7-6-12/h2-3,8,12H,4-7,9H2,1H3,(H,17,22). The van der Waals surface area contributed by atoms with Gasteiger partial charge in [-0.25, -0.2) is 9.07 Å². The first kappa shape index (κ1) is 14.6. The zero-order valence-corrected chi connectivity index (χ0v) is 12.4. The van der Waals surface area contributed by atoms with Gasteiger partial charge in [0.05, 0.1) is 0 Å². The summed E-state index contributed by atoms with van der Waals surface area (Å²) < 4.78 is 15.2. The molecule has 22 heavy (non-hydrogen) atoms. The number of hydrogen-bond acceptors (Lipinski definition) is 4. The Morgan fingerprint density at radius 3 is 3.14 bits per heavy atom. The fourth-order valence-corrected chi connectivity index (χ4v) is 2.64. The van der Waals surface area contributed by atoms with Crippen molar-refractivity contribution in [2.24, 2.45) is 5.92 Å². The Bertz CT molecular complexity index is 662. The molecule has 0 saturated heterocycles. The van der Waals surface area contributed by atoms with Crippen LogP contribution < -0.4 is 5.32 Å². The van der Waals surface area contributed by atoms with Gasteiger partial charge in [-0.05, 0) is 47.4 Å². The molecule has 1 atom stereocenters. The van der Waals surface area contributed by atoms with Crippen LogP contribution in [0.25, 0.3) is 0 Å². The van der Waals surface area contributed by atoms with Gasteiger partial charge in [0.25, 0.3) is 0 Å². The number of aryl methyl sites for hydroxylation is 3. The molecule has 1 amide bonds. The summed E-state index contributed by atoms with van der Waals surface area (Å²) in [5, 5.41) is 14.4. The minimum atomic E-state index is -0.245. The van der Waals surface area contributed by atoms with Crippen LogP contribution in [0.5, 0.6) is 0 Å². The highest BCUT2D eigenvalue weighted by molar-refractivity contribution is 5.78. The van der Waals surface area contributed by atoms with Crippen LogP contribution in [0.4, 0.5) is 4.39 Å². The van der Waals surface area contributed by atoms with Crippen LogP contribution in [0.15, 0.2) is 18.2 Å². The number of rotatable bonds is 3. The Morgan fingerprint density at radius 2 is 2.32 bits per heavy atom. The molecule has 0 fully saturated rings. The van der Waals surface area contributed by atoms with Crippen molar-refractivity contribution in [3.05, 3.63) is 41.0 Å². The molecule has 1 aliphatic rings. The normalized spacial score (nSPS) is 17.6. The lowest BCUT2D eigenvalue weighted by atomic mass is 9.99. The summed E-state index contributed by atoms with van der Waals surface area (Å²) in [7, 11) is 0. The van der Waals surface area contributed by atoms with Gasteiger partial charge >= 0.3 is 0 Å². The van der Waals surface area contributed by atoms with Crippen LogP contribution in [0.2, 0.25) is 0 Å². The fourth-order valence-electron chi connectivity index (χ4n) is 2.64. The van der Waals surface area contributed by atoms with Crippen molar-refractivity contribution in [3.63, 3.8) is 0 Å². The number of amides is 1. The molecular weight excluding hydrogens is 285 g/mol. The highest BCUT2D eigenvalue weighted by Crippen LogP contribution is 2.18. The maximum atomic E-state index is 13.5. The zero-order chi connectivity index (χ0) is 15.5. The Kier molecular flexibility index (Phi) is 4.13. The van der Waals surface area contributed by atoms with E-state index < -0.39 is 0 Å². The first-order valence-electron chi connectivity index (χ1n) is 7.41. The number of benzene rings is 1. The van der Waals surface area contributed by atoms with Crippen molar-refractivity contribution in [2.45, 2.75) is 39.3 Å². The molecule has 0 saturated carbocycles. The maximum absolute atomic E-state index is 13.5. The lowest BCUT2D eigenvalue weighted by Crippen LogP contribution is -2.30. The first-order valence-corrected chi connectivity index (χ1v) is 7.41. The summed E-state index contributed by atoms with van der Waals surface area (Å²) in [6.45, 7) is 2.71. The van der Waals surface area contributed by atoms with E-state index in [1.54, 1.807) is 17.7 Å². The van der Waals surface area contributed by atoms with Crippen molar-refractivity contribution in [1.29, 1.82) is 0 Å². The predicted molar refractivity (Wildman–Crippen MR) is 77.2 cm³/mol. The third-order valence-corrected chi connectivity index (χ3v) is 4.09. The van der Waals surface area contributed by atoms with Crippen LogP contribution in [-0.2, 0) is 24.3 Å². The molecule has 0 bridgehead atoms. The molecule has 0 spiro atoms. The molecule has 7 heteroatoms. The van der Waals surface area contributed by atoms with Crippen molar-refractivity contribution in [3.8, 4) is 0 Å². The highest BCUT2D eigenvalue weighted by atomic mass is 19.1. The van der Waals surface area contributed by atoms with E-state index in [4.69, 9.17) is 0 Å². The largest absolute Gasteiger partial charge is 0.352 e. The van der Waals surface area contributed by atoms with Crippen LogP contribution >= 0.6 is 0 Å². The third-order valence-electron chi connectivity index (χ3n) is 4.09. The minimum absolute atomic E-state index is 0.000282. The second-order valence-corrected chi connectivity index (χ2v) is 5.64. The van der Waals surface area contributed by atoms with Crippen LogP contribution in [0, 0.1) is 18.7 Å². The number of nitrogens with one attached hydrogen (secondary N) is 1. The zero-order valence-electron chi connectivity index (χ0n) is 12.4. The van der Waals surface area contributed by atoms with E-state index in [1.807, 2.05) is 6.07 Å². The monoisotopic (exact) mass is 303 g/mol. The lowest BCUT2D eigenvalue weighted by molar-refractivity contribution is -0.125. The quantitative estimate of drug-likeness (QED) is 0.930. The van der Waals surface area contributed by atoms with Crippen molar-refractivity contribution in [2.75, 3.05) is 0 Å². The van der Waals surface area contributed by atoms with Gasteiger partial charge in [0.1, 0.15) is 5.82 Å². The summed E-state index contributed by atoms with van der Waals surface area (Å²) in [6, 6.07) is 5.02. The van der Waals surface area contributed by atoms with Gasteiger partial charge in [0.2, 0.25) is 5.91 Å². The van der Waals surface area contributed by atoms with Gasteiger partial charge in [-0.1, -0.05) is 12.1 Å². The van der Waals surface area contributed by atoms with Gasteiger partial charge in [0.15, 0.2) is 5.82 Å². The van der Waals surface area contributed by atoms with Crippen LogP contribution in [0.1, 0.15) is 29.8 Å². The molecule has 0 aliphatic carbocycles. The fraction of sp³-hybridized carbons (Fsp3) is 0.467. The van der Waals surface area contributed by atoms with Gasteiger partial charge < -0.3 is 5.32 Å². The molecule has 1 aromatic carbocycles. The van der Waals surface area contributed by atoms with Crippen LogP contribution in [-0.4, -0.2) is 26.1 Å². The predicted octanol–water partition coefficient (Wildman–Crippen LogP) is 1.39. The summed E-state index contributed by atoms with van der Waals surface area (Å²) in [4.78, 5) is 12.3. The number of carbonyl (C=O) groups is 1. The van der Waals surface area contributed by atoms with Gasteiger partial charge in [0, 0.05) is 25.4 Å². The number of nitrogens with zero attached hydrogens (tertiary/aromatic N) is 4. The average Bonchev–Trinajstić information content (AvgIpc) is 2.87. The molecular formula is C15H18FN5O.